The van der Waals surface area contributed by atoms with Crippen molar-refractivity contribution in [3.05, 3.63) is 33.4 Å². The number of ether oxygens (including phenoxy) is 1. The average molecular weight is 379 g/mol. The second kappa shape index (κ2) is 10.6. The van der Waals surface area contributed by atoms with Gasteiger partial charge in [0.1, 0.15) is 11.3 Å². The molecule has 0 radical (unpaired) electrons. The fraction of sp³-hybridized carbons (Fsp3) is 0.714. The number of carbonyl (C=O) groups is 1. The van der Waals surface area contributed by atoms with Gasteiger partial charge < -0.3 is 14.1 Å². The minimum atomic E-state index is -0.506. The molecule has 0 N–H and O–H groups in total. The molecule has 1 aliphatic heterocycles. The number of aryl methyl sites for hydroxylation is 1. The number of carbonyl (C=O) groups excluding carboxylic acids is 1. The van der Waals surface area contributed by atoms with Crippen LogP contribution in [0, 0.1) is 6.92 Å². The van der Waals surface area contributed by atoms with Gasteiger partial charge in [0.25, 0.3) is 5.91 Å². The van der Waals surface area contributed by atoms with Crippen LogP contribution < -0.4 is 5.63 Å². The summed E-state index contributed by atoms with van der Waals surface area (Å²) in [6.45, 7) is 13.3. The third-order valence-electron chi connectivity index (χ3n) is 5.15. The van der Waals surface area contributed by atoms with Gasteiger partial charge in [-0.2, -0.15) is 0 Å². The van der Waals surface area contributed by atoms with Gasteiger partial charge in [-0.1, -0.05) is 27.2 Å². The maximum Gasteiger partial charge on any atom is 0.349 e. The van der Waals surface area contributed by atoms with Crippen LogP contribution in [0.25, 0.3) is 0 Å². The van der Waals surface area contributed by atoms with Crippen molar-refractivity contribution < 1.29 is 13.9 Å². The van der Waals surface area contributed by atoms with E-state index in [9.17, 15) is 9.59 Å². The van der Waals surface area contributed by atoms with Gasteiger partial charge in [-0.05, 0) is 31.4 Å². The van der Waals surface area contributed by atoms with Crippen LogP contribution in [0.2, 0.25) is 0 Å². The highest BCUT2D eigenvalue weighted by atomic mass is 16.5. The summed E-state index contributed by atoms with van der Waals surface area (Å²) in [4.78, 5) is 29.4. The lowest BCUT2D eigenvalue weighted by atomic mass is 10.00. The molecule has 6 nitrogen and oxygen atoms in total. The molecule has 0 spiro atoms. The Morgan fingerprint density at radius 1 is 1.19 bits per heavy atom. The highest BCUT2D eigenvalue weighted by Crippen LogP contribution is 2.21. The molecule has 2 rings (SSSR count). The lowest BCUT2D eigenvalue weighted by Gasteiger charge is -2.34. The van der Waals surface area contributed by atoms with Crippen LogP contribution in [0.4, 0.5) is 0 Å². The number of piperazine rings is 1. The quantitative estimate of drug-likeness (QED) is 0.618. The maximum atomic E-state index is 12.9. The van der Waals surface area contributed by atoms with Crippen molar-refractivity contribution in [3.8, 4) is 0 Å². The molecule has 0 bridgehead atoms. The van der Waals surface area contributed by atoms with Crippen LogP contribution in [0.3, 0.4) is 0 Å². The Morgan fingerprint density at radius 2 is 1.89 bits per heavy atom. The number of amides is 1. The molecule has 1 unspecified atom stereocenters. The van der Waals surface area contributed by atoms with Crippen LogP contribution in [-0.2, 0) is 4.74 Å². The largest absolute Gasteiger partial charge is 0.427 e. The average Bonchev–Trinajstić information content (AvgIpc) is 2.65. The van der Waals surface area contributed by atoms with Crippen molar-refractivity contribution in [1.29, 1.82) is 0 Å². The van der Waals surface area contributed by atoms with E-state index in [1.165, 1.54) is 0 Å². The summed E-state index contributed by atoms with van der Waals surface area (Å²) >= 11 is 0. The van der Waals surface area contributed by atoms with Gasteiger partial charge in [0.2, 0.25) is 0 Å². The van der Waals surface area contributed by atoms with Gasteiger partial charge in [0.05, 0.1) is 6.61 Å². The van der Waals surface area contributed by atoms with Crippen molar-refractivity contribution in [2.75, 3.05) is 45.9 Å². The molecule has 1 aliphatic rings. The summed E-state index contributed by atoms with van der Waals surface area (Å²) in [5, 5.41) is 0. The number of rotatable bonds is 9. The zero-order valence-electron chi connectivity index (χ0n) is 17.3. The van der Waals surface area contributed by atoms with Crippen molar-refractivity contribution in [1.82, 2.24) is 9.80 Å². The van der Waals surface area contributed by atoms with Gasteiger partial charge in [-0.25, -0.2) is 4.79 Å². The summed E-state index contributed by atoms with van der Waals surface area (Å²) in [5.74, 6) is 0.648. The first-order valence-electron chi connectivity index (χ1n) is 10.2. The van der Waals surface area contributed by atoms with Gasteiger partial charge in [0, 0.05) is 45.2 Å². The van der Waals surface area contributed by atoms with Gasteiger partial charge >= 0.3 is 5.63 Å². The van der Waals surface area contributed by atoms with Crippen LogP contribution in [0.5, 0.6) is 0 Å². The first-order chi connectivity index (χ1) is 13.0. The number of hydrogen-bond acceptors (Lipinski definition) is 5. The van der Waals surface area contributed by atoms with Crippen LogP contribution >= 0.6 is 0 Å². The molecule has 1 aromatic rings. The summed E-state index contributed by atoms with van der Waals surface area (Å²) in [6.07, 6.45) is 3.01. The SMILES string of the molecule is CCCOCCN1CCN(C(=O)c2c(C)cc(C(C)CCC)oc2=O)CC1. The molecule has 1 amide bonds. The van der Waals surface area contributed by atoms with Crippen molar-refractivity contribution in [2.45, 2.75) is 52.9 Å². The van der Waals surface area contributed by atoms with Crippen molar-refractivity contribution >= 4 is 5.91 Å². The molecule has 0 saturated carbocycles. The van der Waals surface area contributed by atoms with E-state index in [0.29, 0.717) is 24.4 Å². The standard InChI is InChI=1S/C21H34N2O4/c1-5-7-16(3)18-15-17(4)19(21(25)27-18)20(24)23-10-8-22(9-11-23)12-14-26-13-6-2/h15-16H,5-14H2,1-4H3. The second-order valence-corrected chi connectivity index (χ2v) is 7.43. The lowest BCUT2D eigenvalue weighted by molar-refractivity contribution is 0.0548. The Hall–Kier alpha value is -1.66. The molecule has 1 atom stereocenters. The monoisotopic (exact) mass is 378 g/mol. The van der Waals surface area contributed by atoms with E-state index >= 15 is 0 Å². The second-order valence-electron chi connectivity index (χ2n) is 7.43. The van der Waals surface area contributed by atoms with Crippen molar-refractivity contribution in [2.24, 2.45) is 0 Å². The molecule has 1 saturated heterocycles. The van der Waals surface area contributed by atoms with E-state index < -0.39 is 5.63 Å². The minimum Gasteiger partial charge on any atom is -0.427 e. The van der Waals surface area contributed by atoms with E-state index in [1.807, 2.05) is 19.9 Å². The van der Waals surface area contributed by atoms with Crippen LogP contribution in [0.15, 0.2) is 15.3 Å². The first kappa shape index (κ1) is 21.6. The highest BCUT2D eigenvalue weighted by molar-refractivity contribution is 5.95. The predicted molar refractivity (Wildman–Crippen MR) is 106 cm³/mol. The van der Waals surface area contributed by atoms with Crippen LogP contribution in [0.1, 0.15) is 67.6 Å². The minimum absolute atomic E-state index is 0.183. The van der Waals surface area contributed by atoms with Gasteiger partial charge in [-0.15, -0.1) is 0 Å². The molecule has 6 heteroatoms. The lowest BCUT2D eigenvalue weighted by Crippen LogP contribution is -2.50. The number of hydrogen-bond donors (Lipinski definition) is 0. The van der Waals surface area contributed by atoms with E-state index in [1.54, 1.807) is 4.90 Å². The van der Waals surface area contributed by atoms with Crippen LogP contribution in [-0.4, -0.2) is 61.6 Å². The third kappa shape index (κ3) is 5.91. The zero-order chi connectivity index (χ0) is 19.8. The smallest absolute Gasteiger partial charge is 0.349 e. The van der Waals surface area contributed by atoms with E-state index in [2.05, 4.69) is 18.7 Å². The third-order valence-corrected chi connectivity index (χ3v) is 5.15. The molecular formula is C21H34N2O4. The molecule has 0 aromatic carbocycles. The number of nitrogens with zero attached hydrogens (tertiary/aromatic N) is 2. The van der Waals surface area contributed by atoms with E-state index in [0.717, 1.165) is 52.1 Å². The summed E-state index contributed by atoms with van der Waals surface area (Å²) in [5.41, 5.74) is 0.389. The maximum absolute atomic E-state index is 12.9. The summed E-state index contributed by atoms with van der Waals surface area (Å²) in [7, 11) is 0. The molecule has 2 heterocycles. The molecule has 27 heavy (non-hydrogen) atoms. The summed E-state index contributed by atoms with van der Waals surface area (Å²) in [6, 6.07) is 1.86. The Morgan fingerprint density at radius 3 is 2.48 bits per heavy atom. The normalized spacial score (nSPS) is 16.5. The molecule has 152 valence electrons. The fourth-order valence-electron chi connectivity index (χ4n) is 3.48. The Labute approximate surface area is 162 Å². The molecular weight excluding hydrogens is 344 g/mol. The van der Waals surface area contributed by atoms with E-state index in [4.69, 9.17) is 9.15 Å². The Kier molecular flexibility index (Phi) is 8.51. The topological polar surface area (TPSA) is 63.0 Å². The predicted octanol–water partition coefficient (Wildman–Crippen LogP) is 3.04. The van der Waals surface area contributed by atoms with Gasteiger partial charge in [-0.3, -0.25) is 9.69 Å². The molecule has 1 aromatic heterocycles. The molecule has 0 aliphatic carbocycles. The fourth-order valence-corrected chi connectivity index (χ4v) is 3.48. The highest BCUT2D eigenvalue weighted by Gasteiger charge is 2.26. The summed E-state index contributed by atoms with van der Waals surface area (Å²) < 4.78 is 11.0. The Balaban J connectivity index is 1.97. The first-order valence-corrected chi connectivity index (χ1v) is 10.2. The Bertz CT molecular complexity index is 663. The van der Waals surface area contributed by atoms with Gasteiger partial charge in [0.15, 0.2) is 0 Å². The van der Waals surface area contributed by atoms with E-state index in [-0.39, 0.29) is 17.4 Å². The molecule has 1 fully saturated rings. The zero-order valence-corrected chi connectivity index (χ0v) is 17.3. The van der Waals surface area contributed by atoms with Crippen molar-refractivity contribution in [3.63, 3.8) is 0 Å².